The van der Waals surface area contributed by atoms with Crippen molar-refractivity contribution in [3.8, 4) is 0 Å². The Labute approximate surface area is 118 Å². The Balaban J connectivity index is 1.48. The van der Waals surface area contributed by atoms with Crippen LogP contribution < -0.4 is 5.32 Å². The molecule has 0 aromatic rings. The van der Waals surface area contributed by atoms with Crippen LogP contribution in [0.2, 0.25) is 0 Å². The molecule has 4 heteroatoms. The van der Waals surface area contributed by atoms with E-state index in [1.165, 1.54) is 45.7 Å². The van der Waals surface area contributed by atoms with Crippen LogP contribution in [0.1, 0.15) is 20.3 Å². The molecule has 0 saturated carbocycles. The van der Waals surface area contributed by atoms with Gasteiger partial charge in [0.05, 0.1) is 6.61 Å². The van der Waals surface area contributed by atoms with Crippen molar-refractivity contribution in [1.82, 2.24) is 15.1 Å². The molecule has 2 aliphatic rings. The van der Waals surface area contributed by atoms with Gasteiger partial charge in [-0.05, 0) is 18.3 Å². The lowest BCUT2D eigenvalue weighted by Gasteiger charge is -2.35. The van der Waals surface area contributed by atoms with E-state index in [1.807, 2.05) is 0 Å². The third-order valence-corrected chi connectivity index (χ3v) is 4.15. The fourth-order valence-corrected chi connectivity index (χ4v) is 3.00. The first-order valence-electron chi connectivity index (χ1n) is 7.97. The summed E-state index contributed by atoms with van der Waals surface area (Å²) in [6, 6.07) is 0. The van der Waals surface area contributed by atoms with Gasteiger partial charge in [-0.1, -0.05) is 13.8 Å². The van der Waals surface area contributed by atoms with Crippen molar-refractivity contribution in [2.45, 2.75) is 20.3 Å². The summed E-state index contributed by atoms with van der Waals surface area (Å²) in [7, 11) is 0. The molecular formula is C15H31N3O. The number of piperazine rings is 1. The molecule has 1 atom stereocenters. The van der Waals surface area contributed by atoms with Gasteiger partial charge in [-0.25, -0.2) is 0 Å². The van der Waals surface area contributed by atoms with Crippen molar-refractivity contribution in [3.63, 3.8) is 0 Å². The topological polar surface area (TPSA) is 27.7 Å². The summed E-state index contributed by atoms with van der Waals surface area (Å²) in [6.07, 6.45) is 1.24. The molecule has 0 aromatic carbocycles. The number of hydrogen-bond acceptors (Lipinski definition) is 4. The molecule has 112 valence electrons. The first kappa shape index (κ1) is 15.2. The van der Waals surface area contributed by atoms with E-state index in [0.29, 0.717) is 0 Å². The average molecular weight is 269 g/mol. The van der Waals surface area contributed by atoms with Crippen LogP contribution in [0.15, 0.2) is 0 Å². The van der Waals surface area contributed by atoms with Gasteiger partial charge >= 0.3 is 0 Å². The highest BCUT2D eigenvalue weighted by Crippen LogP contribution is 2.10. The zero-order valence-electron chi connectivity index (χ0n) is 12.7. The van der Waals surface area contributed by atoms with E-state index in [2.05, 4.69) is 29.0 Å². The Hall–Kier alpha value is -0.160. The van der Waals surface area contributed by atoms with Gasteiger partial charge in [-0.3, -0.25) is 4.90 Å². The Morgan fingerprint density at radius 3 is 2.53 bits per heavy atom. The third-order valence-electron chi connectivity index (χ3n) is 4.15. The summed E-state index contributed by atoms with van der Waals surface area (Å²) >= 11 is 0. The second kappa shape index (κ2) is 8.20. The van der Waals surface area contributed by atoms with Crippen LogP contribution in [-0.4, -0.2) is 75.4 Å². The molecule has 1 unspecified atom stereocenters. The highest BCUT2D eigenvalue weighted by Gasteiger charge is 2.17. The van der Waals surface area contributed by atoms with Gasteiger partial charge in [0.1, 0.15) is 0 Å². The molecule has 0 aliphatic carbocycles. The van der Waals surface area contributed by atoms with Crippen LogP contribution in [0.4, 0.5) is 0 Å². The molecule has 2 fully saturated rings. The van der Waals surface area contributed by atoms with E-state index in [-0.39, 0.29) is 0 Å². The molecule has 0 spiro atoms. The van der Waals surface area contributed by atoms with E-state index in [4.69, 9.17) is 4.74 Å². The van der Waals surface area contributed by atoms with Crippen LogP contribution in [0.25, 0.3) is 0 Å². The van der Waals surface area contributed by atoms with Gasteiger partial charge in [-0.2, -0.15) is 0 Å². The largest absolute Gasteiger partial charge is 0.381 e. The van der Waals surface area contributed by atoms with Crippen molar-refractivity contribution in [2.24, 2.45) is 11.8 Å². The maximum Gasteiger partial charge on any atom is 0.0507 e. The van der Waals surface area contributed by atoms with Gasteiger partial charge in [0.2, 0.25) is 0 Å². The van der Waals surface area contributed by atoms with Crippen LogP contribution >= 0.6 is 0 Å². The van der Waals surface area contributed by atoms with Crippen molar-refractivity contribution < 1.29 is 4.74 Å². The fourth-order valence-electron chi connectivity index (χ4n) is 3.00. The molecule has 4 nitrogen and oxygen atoms in total. The molecule has 2 rings (SSSR count). The Bertz CT molecular complexity index is 234. The zero-order valence-corrected chi connectivity index (χ0v) is 12.7. The van der Waals surface area contributed by atoms with Crippen molar-refractivity contribution in [3.05, 3.63) is 0 Å². The van der Waals surface area contributed by atoms with Gasteiger partial charge in [0.15, 0.2) is 0 Å². The molecule has 0 bridgehead atoms. The number of rotatable bonds is 7. The third kappa shape index (κ3) is 5.78. The molecule has 19 heavy (non-hydrogen) atoms. The monoisotopic (exact) mass is 269 g/mol. The smallest absolute Gasteiger partial charge is 0.0507 e. The normalized spacial score (nSPS) is 26.4. The highest BCUT2D eigenvalue weighted by atomic mass is 16.5. The summed E-state index contributed by atoms with van der Waals surface area (Å²) in [6.45, 7) is 16.2. The summed E-state index contributed by atoms with van der Waals surface area (Å²) in [5.41, 5.74) is 0. The Morgan fingerprint density at radius 1 is 1.16 bits per heavy atom. The quantitative estimate of drug-likeness (QED) is 0.695. The van der Waals surface area contributed by atoms with Crippen LogP contribution in [0.3, 0.4) is 0 Å². The lowest BCUT2D eigenvalue weighted by Crippen LogP contribution is -2.49. The zero-order chi connectivity index (χ0) is 13.5. The van der Waals surface area contributed by atoms with E-state index < -0.39 is 0 Å². The fraction of sp³-hybridized carbons (Fsp3) is 1.00. The molecule has 2 heterocycles. The SMILES string of the molecule is CC(C)CN1CCN(CCNCC2CCOC2)CC1. The first-order valence-corrected chi connectivity index (χ1v) is 7.97. The second-order valence-corrected chi connectivity index (χ2v) is 6.47. The predicted molar refractivity (Wildman–Crippen MR) is 79.5 cm³/mol. The Kier molecular flexibility index (Phi) is 6.57. The lowest BCUT2D eigenvalue weighted by atomic mass is 10.1. The van der Waals surface area contributed by atoms with Crippen molar-refractivity contribution in [1.29, 1.82) is 0 Å². The van der Waals surface area contributed by atoms with Gasteiger partial charge in [-0.15, -0.1) is 0 Å². The molecule has 2 aliphatic heterocycles. The molecule has 0 amide bonds. The van der Waals surface area contributed by atoms with Gasteiger partial charge < -0.3 is 15.0 Å². The predicted octanol–water partition coefficient (Wildman–Crippen LogP) is 0.886. The Morgan fingerprint density at radius 2 is 1.89 bits per heavy atom. The maximum absolute atomic E-state index is 5.39. The van der Waals surface area contributed by atoms with Crippen molar-refractivity contribution >= 4 is 0 Å². The lowest BCUT2D eigenvalue weighted by molar-refractivity contribution is 0.122. The van der Waals surface area contributed by atoms with E-state index >= 15 is 0 Å². The standard InChI is InChI=1S/C15H31N3O/c1-14(2)12-18-8-6-17(7-9-18)5-4-16-11-15-3-10-19-13-15/h14-16H,3-13H2,1-2H3. The summed E-state index contributed by atoms with van der Waals surface area (Å²) in [5, 5.41) is 3.58. The van der Waals surface area contributed by atoms with Crippen LogP contribution in [-0.2, 0) is 4.74 Å². The minimum atomic E-state index is 0.753. The maximum atomic E-state index is 5.39. The summed E-state index contributed by atoms with van der Waals surface area (Å²) in [5.74, 6) is 1.55. The number of ether oxygens (including phenoxy) is 1. The van der Waals surface area contributed by atoms with Crippen LogP contribution in [0.5, 0.6) is 0 Å². The highest BCUT2D eigenvalue weighted by molar-refractivity contribution is 4.74. The molecule has 1 N–H and O–H groups in total. The summed E-state index contributed by atoms with van der Waals surface area (Å²) < 4.78 is 5.39. The minimum absolute atomic E-state index is 0.753. The minimum Gasteiger partial charge on any atom is -0.381 e. The molecule has 2 saturated heterocycles. The van der Waals surface area contributed by atoms with Gasteiger partial charge in [0, 0.05) is 59.0 Å². The number of nitrogens with one attached hydrogen (secondary N) is 1. The van der Waals surface area contributed by atoms with E-state index in [0.717, 1.165) is 38.1 Å². The molecule has 0 aromatic heterocycles. The molecular weight excluding hydrogens is 238 g/mol. The van der Waals surface area contributed by atoms with Gasteiger partial charge in [0.25, 0.3) is 0 Å². The summed E-state index contributed by atoms with van der Waals surface area (Å²) in [4.78, 5) is 5.19. The average Bonchev–Trinajstić information content (AvgIpc) is 2.89. The number of nitrogens with zero attached hydrogens (tertiary/aromatic N) is 2. The second-order valence-electron chi connectivity index (χ2n) is 6.47. The van der Waals surface area contributed by atoms with E-state index in [1.54, 1.807) is 0 Å². The number of hydrogen-bond donors (Lipinski definition) is 1. The van der Waals surface area contributed by atoms with E-state index in [9.17, 15) is 0 Å². The molecule has 0 radical (unpaired) electrons. The van der Waals surface area contributed by atoms with Crippen molar-refractivity contribution in [2.75, 3.05) is 65.6 Å². The van der Waals surface area contributed by atoms with Crippen LogP contribution in [0, 0.1) is 11.8 Å². The first-order chi connectivity index (χ1) is 9.24.